The summed E-state index contributed by atoms with van der Waals surface area (Å²) in [6.07, 6.45) is 0.943. The fourth-order valence-corrected chi connectivity index (χ4v) is 0.860. The molecule has 2 N–H and O–H groups in total. The fourth-order valence-electron chi connectivity index (χ4n) is 0.860. The minimum Gasteiger partial charge on any atom is -0.396 e. The Morgan fingerprint density at radius 2 is 1.78 bits per heavy atom. The van der Waals surface area contributed by atoms with Gasteiger partial charge in [-0.15, -0.1) is 0 Å². The molecule has 2 atom stereocenters. The molecule has 0 spiro atoms. The summed E-state index contributed by atoms with van der Waals surface area (Å²) in [6, 6.07) is 0. The van der Waals surface area contributed by atoms with Crippen LogP contribution in [-0.4, -0.2) is 23.4 Å². The Morgan fingerprint density at radius 1 is 1.22 bits per heavy atom. The van der Waals surface area contributed by atoms with E-state index in [1.807, 2.05) is 13.8 Å². The molecule has 0 saturated carbocycles. The predicted octanol–water partition coefficient (Wildman–Crippen LogP) is 0.633. The van der Waals surface area contributed by atoms with Gasteiger partial charge in [-0.2, -0.15) is 0 Å². The minimum absolute atomic E-state index is 0.180. The molecule has 0 bridgehead atoms. The quantitative estimate of drug-likeness (QED) is 0.589. The minimum atomic E-state index is 0.180. The molecule has 0 aliphatic rings. The van der Waals surface area contributed by atoms with Gasteiger partial charge in [0.05, 0.1) is 0 Å². The third kappa shape index (κ3) is 2.82. The molecule has 0 aromatic carbocycles. The molecule has 9 heavy (non-hydrogen) atoms. The summed E-state index contributed by atoms with van der Waals surface area (Å²) >= 11 is 0. The maximum Gasteiger partial charge on any atom is 0.0462 e. The zero-order valence-electron chi connectivity index (χ0n) is 6.17. The van der Waals surface area contributed by atoms with Crippen LogP contribution in [0.3, 0.4) is 0 Å². The van der Waals surface area contributed by atoms with Crippen molar-refractivity contribution in [2.75, 3.05) is 13.2 Å². The Hall–Kier alpha value is -0.0800. The van der Waals surface area contributed by atoms with Gasteiger partial charge < -0.3 is 10.2 Å². The van der Waals surface area contributed by atoms with Crippen molar-refractivity contribution >= 4 is 0 Å². The van der Waals surface area contributed by atoms with Gasteiger partial charge in [0.2, 0.25) is 0 Å². The summed E-state index contributed by atoms with van der Waals surface area (Å²) in [5.74, 6) is 0.509. The second-order valence-electron chi connectivity index (χ2n) is 2.51. The van der Waals surface area contributed by atoms with Crippen LogP contribution in [0.4, 0.5) is 0 Å². The van der Waals surface area contributed by atoms with E-state index in [0.29, 0.717) is 0 Å². The topological polar surface area (TPSA) is 40.5 Å². The van der Waals surface area contributed by atoms with Crippen LogP contribution < -0.4 is 0 Å². The number of hydrogen-bond acceptors (Lipinski definition) is 2. The van der Waals surface area contributed by atoms with Crippen LogP contribution in [0.1, 0.15) is 20.3 Å². The number of hydrogen-bond donors (Lipinski definition) is 2. The van der Waals surface area contributed by atoms with Crippen molar-refractivity contribution in [1.29, 1.82) is 0 Å². The molecular formula is C7H16O2. The lowest BCUT2D eigenvalue weighted by Gasteiger charge is -2.17. The predicted molar refractivity (Wildman–Crippen MR) is 37.1 cm³/mol. The Labute approximate surface area is 56.5 Å². The van der Waals surface area contributed by atoms with Crippen LogP contribution >= 0.6 is 0 Å². The molecule has 0 aromatic rings. The molecule has 2 nitrogen and oxygen atoms in total. The summed E-state index contributed by atoms with van der Waals surface area (Å²) in [6.45, 7) is 4.34. The van der Waals surface area contributed by atoms with Gasteiger partial charge in [0.15, 0.2) is 0 Å². The van der Waals surface area contributed by atoms with E-state index in [1.54, 1.807) is 0 Å². The molecule has 0 heterocycles. The molecule has 0 fully saturated rings. The zero-order chi connectivity index (χ0) is 7.28. The lowest BCUT2D eigenvalue weighted by Crippen LogP contribution is -2.17. The van der Waals surface area contributed by atoms with Crippen LogP contribution in [0.25, 0.3) is 0 Å². The summed E-state index contributed by atoms with van der Waals surface area (Å²) in [5.41, 5.74) is 0. The standard InChI is InChI=1S/C7H16O2/c1-3-7(5-9)6(2)4-8/h6-9H,3-5H2,1-2H3/t6-,7-/m1/s1. The largest absolute Gasteiger partial charge is 0.396 e. The second kappa shape index (κ2) is 4.77. The SMILES string of the molecule is CC[C@H](CO)[C@H](C)CO. The highest BCUT2D eigenvalue weighted by atomic mass is 16.3. The molecule has 0 unspecified atom stereocenters. The molecule has 56 valence electrons. The monoisotopic (exact) mass is 132 g/mol. The van der Waals surface area contributed by atoms with E-state index in [2.05, 4.69) is 0 Å². The summed E-state index contributed by atoms with van der Waals surface area (Å²) in [7, 11) is 0. The summed E-state index contributed by atoms with van der Waals surface area (Å²) in [5, 5.41) is 17.4. The lowest BCUT2D eigenvalue weighted by molar-refractivity contribution is 0.127. The number of rotatable bonds is 4. The lowest BCUT2D eigenvalue weighted by atomic mass is 9.93. The van der Waals surface area contributed by atoms with E-state index in [-0.39, 0.29) is 25.0 Å². The fraction of sp³-hybridized carbons (Fsp3) is 1.00. The molecule has 2 heteroatoms. The first-order valence-electron chi connectivity index (χ1n) is 3.47. The van der Waals surface area contributed by atoms with E-state index in [9.17, 15) is 0 Å². The van der Waals surface area contributed by atoms with Gasteiger partial charge in [0.1, 0.15) is 0 Å². The Morgan fingerprint density at radius 3 is 1.89 bits per heavy atom. The van der Waals surface area contributed by atoms with Gasteiger partial charge in [0.25, 0.3) is 0 Å². The van der Waals surface area contributed by atoms with E-state index < -0.39 is 0 Å². The molecule has 0 saturated heterocycles. The zero-order valence-corrected chi connectivity index (χ0v) is 6.17. The highest BCUT2D eigenvalue weighted by Crippen LogP contribution is 2.12. The highest BCUT2D eigenvalue weighted by Gasteiger charge is 2.12. The molecular weight excluding hydrogens is 116 g/mol. The average Bonchev–Trinajstić information content (AvgIpc) is 1.90. The van der Waals surface area contributed by atoms with Crippen LogP contribution in [0.15, 0.2) is 0 Å². The van der Waals surface area contributed by atoms with Crippen LogP contribution in [-0.2, 0) is 0 Å². The Kier molecular flexibility index (Phi) is 4.72. The van der Waals surface area contributed by atoms with E-state index in [4.69, 9.17) is 10.2 Å². The van der Waals surface area contributed by atoms with Gasteiger partial charge in [0, 0.05) is 13.2 Å². The van der Waals surface area contributed by atoms with Crippen LogP contribution in [0.2, 0.25) is 0 Å². The average molecular weight is 132 g/mol. The molecule has 0 aliphatic carbocycles. The molecule has 0 rings (SSSR count). The molecule has 0 radical (unpaired) electrons. The van der Waals surface area contributed by atoms with E-state index in [0.717, 1.165) is 6.42 Å². The second-order valence-corrected chi connectivity index (χ2v) is 2.51. The Balaban J connectivity index is 3.50. The summed E-state index contributed by atoms with van der Waals surface area (Å²) < 4.78 is 0. The first-order valence-corrected chi connectivity index (χ1v) is 3.47. The van der Waals surface area contributed by atoms with Crippen molar-refractivity contribution in [1.82, 2.24) is 0 Å². The Bertz CT molecular complexity index is 59.9. The highest BCUT2D eigenvalue weighted by molar-refractivity contribution is 4.61. The van der Waals surface area contributed by atoms with Crippen molar-refractivity contribution < 1.29 is 10.2 Å². The van der Waals surface area contributed by atoms with Gasteiger partial charge in [-0.25, -0.2) is 0 Å². The van der Waals surface area contributed by atoms with Crippen LogP contribution in [0, 0.1) is 11.8 Å². The van der Waals surface area contributed by atoms with Gasteiger partial charge in [-0.05, 0) is 11.8 Å². The summed E-state index contributed by atoms with van der Waals surface area (Å²) in [4.78, 5) is 0. The smallest absolute Gasteiger partial charge is 0.0462 e. The molecule has 0 aromatic heterocycles. The van der Waals surface area contributed by atoms with E-state index in [1.165, 1.54) is 0 Å². The normalized spacial score (nSPS) is 17.3. The molecule has 0 aliphatic heterocycles. The van der Waals surface area contributed by atoms with Crippen molar-refractivity contribution in [3.8, 4) is 0 Å². The maximum atomic E-state index is 8.72. The van der Waals surface area contributed by atoms with Gasteiger partial charge in [-0.1, -0.05) is 20.3 Å². The maximum absolute atomic E-state index is 8.72. The van der Waals surface area contributed by atoms with Crippen LogP contribution in [0.5, 0.6) is 0 Å². The third-order valence-corrected chi connectivity index (χ3v) is 1.85. The molecule has 0 amide bonds. The first kappa shape index (κ1) is 8.92. The van der Waals surface area contributed by atoms with Crippen molar-refractivity contribution in [3.63, 3.8) is 0 Å². The van der Waals surface area contributed by atoms with Gasteiger partial charge in [-0.3, -0.25) is 0 Å². The van der Waals surface area contributed by atoms with Crippen molar-refractivity contribution in [3.05, 3.63) is 0 Å². The van der Waals surface area contributed by atoms with Gasteiger partial charge >= 0.3 is 0 Å². The van der Waals surface area contributed by atoms with E-state index >= 15 is 0 Å². The van der Waals surface area contributed by atoms with Crippen molar-refractivity contribution in [2.24, 2.45) is 11.8 Å². The van der Waals surface area contributed by atoms with Crippen molar-refractivity contribution in [2.45, 2.75) is 20.3 Å². The number of aliphatic hydroxyl groups is 2. The first-order chi connectivity index (χ1) is 4.26. The third-order valence-electron chi connectivity index (χ3n) is 1.85. The number of aliphatic hydroxyl groups excluding tert-OH is 2.